The highest BCUT2D eigenvalue weighted by Gasteiger charge is 2.17. The molecule has 0 atom stereocenters. The Morgan fingerprint density at radius 3 is 1.57 bits per heavy atom. The van der Waals surface area contributed by atoms with E-state index in [0.29, 0.717) is 46.3 Å². The Morgan fingerprint density at radius 1 is 0.652 bits per heavy atom. The van der Waals surface area contributed by atoms with Crippen LogP contribution in [0.5, 0.6) is 0 Å². The molecule has 0 saturated heterocycles. The first-order valence-corrected chi connectivity index (χ1v) is 9.21. The summed E-state index contributed by atoms with van der Waals surface area (Å²) in [5.74, 6) is 0. The molecule has 0 aliphatic carbocycles. The monoisotopic (exact) mass is 441 g/mol. The van der Waals surface area contributed by atoms with E-state index in [4.69, 9.17) is 69.6 Å². The second kappa shape index (κ2) is 6.97. The minimum Gasteiger partial charge on any atom is -0.244 e. The van der Waals surface area contributed by atoms with Gasteiger partial charge in [0, 0.05) is 27.4 Å². The first-order chi connectivity index (χ1) is 10.9. The van der Waals surface area contributed by atoms with E-state index in [2.05, 4.69) is 4.98 Å². The van der Waals surface area contributed by atoms with Crippen LogP contribution in [0.3, 0.4) is 0 Å². The molecule has 3 rings (SSSR count). The average molecular weight is 444 g/mol. The van der Waals surface area contributed by atoms with Crippen LogP contribution >= 0.6 is 80.9 Å². The molecule has 0 unspecified atom stereocenters. The molecule has 3 aromatic rings. The highest BCUT2D eigenvalue weighted by molar-refractivity contribution is 7.18. The van der Waals surface area contributed by atoms with Crippen molar-refractivity contribution in [2.75, 3.05) is 0 Å². The van der Waals surface area contributed by atoms with E-state index in [1.165, 1.54) is 11.3 Å². The summed E-state index contributed by atoms with van der Waals surface area (Å²) in [5.41, 5.74) is 1.29. The van der Waals surface area contributed by atoms with E-state index >= 15 is 0 Å². The molecule has 1 aromatic heterocycles. The van der Waals surface area contributed by atoms with Crippen LogP contribution in [0.2, 0.25) is 30.1 Å². The Bertz CT molecular complexity index is 787. The molecule has 1 nitrogen and oxygen atoms in total. The van der Waals surface area contributed by atoms with Crippen LogP contribution in [-0.2, 0) is 0 Å². The number of hydrogen-bond donors (Lipinski definition) is 0. The summed E-state index contributed by atoms with van der Waals surface area (Å²) in [6.45, 7) is 0. The summed E-state index contributed by atoms with van der Waals surface area (Å²) in [5, 5.41) is 3.33. The molecule has 0 radical (unpaired) electrons. The van der Waals surface area contributed by atoms with E-state index in [1.54, 1.807) is 30.5 Å². The predicted molar refractivity (Wildman–Crippen MR) is 103 cm³/mol. The van der Waals surface area contributed by atoms with Crippen LogP contribution in [0.4, 0.5) is 0 Å². The second-order valence-corrected chi connectivity index (χ2v) is 8.05. The van der Waals surface area contributed by atoms with Gasteiger partial charge >= 0.3 is 0 Å². The zero-order valence-corrected chi connectivity index (χ0v) is 16.4. The van der Waals surface area contributed by atoms with Gasteiger partial charge in [-0.05, 0) is 24.3 Å². The molecular formula is C15H5Cl6NS. The quantitative estimate of drug-likeness (QED) is 0.387. The van der Waals surface area contributed by atoms with Crippen molar-refractivity contribution in [1.82, 2.24) is 4.98 Å². The van der Waals surface area contributed by atoms with Gasteiger partial charge in [0.15, 0.2) is 0 Å². The molecule has 0 aliphatic rings. The average Bonchev–Trinajstić information content (AvgIpc) is 2.85. The van der Waals surface area contributed by atoms with Gasteiger partial charge in [0.1, 0.15) is 5.01 Å². The number of thiazole rings is 1. The van der Waals surface area contributed by atoms with E-state index in [1.807, 2.05) is 0 Å². The summed E-state index contributed by atoms with van der Waals surface area (Å²) in [6.07, 6.45) is 1.67. The molecule has 0 spiro atoms. The zero-order valence-electron chi connectivity index (χ0n) is 11.0. The van der Waals surface area contributed by atoms with Gasteiger partial charge in [0.2, 0.25) is 0 Å². The molecular weight excluding hydrogens is 439 g/mol. The minimum atomic E-state index is 0.428. The van der Waals surface area contributed by atoms with Crippen molar-refractivity contribution in [3.8, 4) is 21.0 Å². The van der Waals surface area contributed by atoms with Crippen LogP contribution < -0.4 is 0 Å². The normalized spacial score (nSPS) is 11.0. The summed E-state index contributed by atoms with van der Waals surface area (Å²) < 4.78 is 0. The first-order valence-electron chi connectivity index (χ1n) is 6.12. The molecule has 2 aromatic carbocycles. The van der Waals surface area contributed by atoms with Gasteiger partial charge in [-0.3, -0.25) is 0 Å². The van der Waals surface area contributed by atoms with E-state index in [-0.39, 0.29) is 0 Å². The molecule has 23 heavy (non-hydrogen) atoms. The summed E-state index contributed by atoms with van der Waals surface area (Å²) in [7, 11) is 0. The Labute approximate surface area is 166 Å². The molecule has 0 N–H and O–H groups in total. The lowest BCUT2D eigenvalue weighted by molar-refractivity contribution is 1.41. The largest absolute Gasteiger partial charge is 0.244 e. The fraction of sp³-hybridized carbons (Fsp3) is 0. The van der Waals surface area contributed by atoms with Crippen molar-refractivity contribution < 1.29 is 0 Å². The van der Waals surface area contributed by atoms with Crippen molar-refractivity contribution in [2.45, 2.75) is 0 Å². The maximum Gasteiger partial charge on any atom is 0.126 e. The molecule has 0 fully saturated rings. The molecule has 0 amide bonds. The summed E-state index contributed by atoms with van der Waals surface area (Å²) >= 11 is 38.2. The molecule has 0 aliphatic heterocycles. The van der Waals surface area contributed by atoms with Crippen molar-refractivity contribution in [3.63, 3.8) is 0 Å². The first kappa shape index (κ1) is 17.6. The van der Waals surface area contributed by atoms with Crippen molar-refractivity contribution in [3.05, 3.63) is 60.6 Å². The highest BCUT2D eigenvalue weighted by Crippen LogP contribution is 2.44. The van der Waals surface area contributed by atoms with Gasteiger partial charge in [-0.25, -0.2) is 4.98 Å². The van der Waals surface area contributed by atoms with Crippen LogP contribution in [0.1, 0.15) is 0 Å². The fourth-order valence-corrected chi connectivity index (χ4v) is 5.33. The molecule has 1 heterocycles. The van der Waals surface area contributed by atoms with Gasteiger partial charge in [-0.2, -0.15) is 0 Å². The number of nitrogens with zero attached hydrogens (tertiary/aromatic N) is 1. The van der Waals surface area contributed by atoms with Crippen LogP contribution in [-0.4, -0.2) is 4.98 Å². The van der Waals surface area contributed by atoms with Gasteiger partial charge < -0.3 is 0 Å². The number of rotatable bonds is 2. The van der Waals surface area contributed by atoms with Crippen LogP contribution in [0.15, 0.2) is 30.5 Å². The Kier molecular flexibility index (Phi) is 5.34. The zero-order chi connectivity index (χ0) is 16.7. The number of halogens is 6. The Balaban J connectivity index is 2.13. The van der Waals surface area contributed by atoms with Gasteiger partial charge in [-0.1, -0.05) is 69.6 Å². The van der Waals surface area contributed by atoms with Crippen molar-refractivity contribution >= 4 is 80.9 Å². The van der Waals surface area contributed by atoms with E-state index in [9.17, 15) is 0 Å². The smallest absolute Gasteiger partial charge is 0.126 e. The highest BCUT2D eigenvalue weighted by atomic mass is 35.5. The van der Waals surface area contributed by atoms with E-state index < -0.39 is 0 Å². The molecule has 118 valence electrons. The topological polar surface area (TPSA) is 12.9 Å². The Hall–Kier alpha value is -0.190. The Morgan fingerprint density at radius 2 is 1.09 bits per heavy atom. The number of aromatic nitrogens is 1. The standard InChI is InChI=1S/C15H5Cl6NS/c16-6-1-8(18)13(9(19)2-6)12-5-22-15(23-12)14-10(20)3-7(17)4-11(14)21/h1-5H. The third-order valence-electron chi connectivity index (χ3n) is 2.98. The van der Waals surface area contributed by atoms with E-state index in [0.717, 1.165) is 4.88 Å². The molecule has 0 bridgehead atoms. The third-order valence-corrected chi connectivity index (χ3v) is 5.64. The summed E-state index contributed by atoms with van der Waals surface area (Å²) in [6, 6.07) is 6.50. The van der Waals surface area contributed by atoms with Gasteiger partial charge in [0.05, 0.1) is 25.0 Å². The number of hydrogen-bond acceptors (Lipinski definition) is 2. The maximum atomic E-state index is 6.25. The number of benzene rings is 2. The van der Waals surface area contributed by atoms with Gasteiger partial charge in [0.25, 0.3) is 0 Å². The lowest BCUT2D eigenvalue weighted by Gasteiger charge is -2.05. The minimum absolute atomic E-state index is 0.428. The third kappa shape index (κ3) is 3.59. The lowest BCUT2D eigenvalue weighted by Crippen LogP contribution is -1.80. The molecule has 0 saturated carbocycles. The van der Waals surface area contributed by atoms with Crippen molar-refractivity contribution in [2.24, 2.45) is 0 Å². The maximum absolute atomic E-state index is 6.25. The lowest BCUT2D eigenvalue weighted by atomic mass is 10.2. The predicted octanol–water partition coefficient (Wildman–Crippen LogP) is 8.40. The van der Waals surface area contributed by atoms with Gasteiger partial charge in [-0.15, -0.1) is 11.3 Å². The van der Waals surface area contributed by atoms with Crippen LogP contribution in [0, 0.1) is 0 Å². The molecule has 8 heteroatoms. The van der Waals surface area contributed by atoms with Crippen LogP contribution in [0.25, 0.3) is 21.0 Å². The van der Waals surface area contributed by atoms with Crippen molar-refractivity contribution in [1.29, 1.82) is 0 Å². The second-order valence-electron chi connectivity index (χ2n) is 4.52. The summed E-state index contributed by atoms with van der Waals surface area (Å²) in [4.78, 5) is 5.16. The SMILES string of the molecule is Clc1cc(Cl)c(-c2cnc(-c3c(Cl)cc(Cl)cc3Cl)s2)c(Cl)c1. The fourth-order valence-electron chi connectivity index (χ4n) is 2.03.